The maximum Gasteiger partial charge on any atom is 0.263 e. The Labute approximate surface area is 159 Å². The second-order valence-electron chi connectivity index (χ2n) is 5.96. The normalized spacial score (nSPS) is 12.2. The minimum absolute atomic E-state index is 0.133. The van der Waals surface area contributed by atoms with Crippen molar-refractivity contribution in [1.29, 1.82) is 0 Å². The van der Waals surface area contributed by atoms with Crippen LogP contribution < -0.4 is 11.3 Å². The summed E-state index contributed by atoms with van der Waals surface area (Å²) >= 11 is 2.61. The van der Waals surface area contributed by atoms with Crippen LogP contribution in [0.2, 0.25) is 0 Å². The standard InChI is InChI=1S/C19H19N3O2S2/c1-4-9-22-18(24)15-14(13-7-5-11(2)6-8-13)10-25-17(15)21-19(22)26-12(3)16(20)23/h4-8,10,12H,1,9H2,2-3H3,(H2,20,23). The van der Waals surface area contributed by atoms with Crippen LogP contribution >= 0.6 is 23.1 Å². The zero-order chi connectivity index (χ0) is 18.8. The summed E-state index contributed by atoms with van der Waals surface area (Å²) in [6, 6.07) is 8.05. The van der Waals surface area contributed by atoms with Gasteiger partial charge in [0, 0.05) is 17.5 Å². The Morgan fingerprint density at radius 1 is 1.42 bits per heavy atom. The summed E-state index contributed by atoms with van der Waals surface area (Å²) in [5, 5.41) is 2.54. The molecule has 2 heterocycles. The van der Waals surface area contributed by atoms with Crippen LogP contribution in [0.25, 0.3) is 21.3 Å². The van der Waals surface area contributed by atoms with Gasteiger partial charge in [-0.2, -0.15) is 0 Å². The number of aromatic nitrogens is 2. The third-order valence-corrected chi connectivity index (χ3v) is 6.00. The highest BCUT2D eigenvalue weighted by Gasteiger charge is 2.20. The molecule has 0 aliphatic rings. The summed E-state index contributed by atoms with van der Waals surface area (Å²) in [6.45, 7) is 7.77. The molecule has 0 saturated heterocycles. The molecule has 0 bridgehead atoms. The van der Waals surface area contributed by atoms with Crippen molar-refractivity contribution in [2.45, 2.75) is 30.8 Å². The van der Waals surface area contributed by atoms with Gasteiger partial charge in [-0.25, -0.2) is 4.98 Å². The van der Waals surface area contributed by atoms with E-state index in [-0.39, 0.29) is 5.56 Å². The van der Waals surface area contributed by atoms with E-state index in [1.807, 2.05) is 36.6 Å². The molecule has 0 saturated carbocycles. The maximum atomic E-state index is 13.2. The van der Waals surface area contributed by atoms with Gasteiger partial charge >= 0.3 is 0 Å². The molecular formula is C19H19N3O2S2. The van der Waals surface area contributed by atoms with E-state index in [0.29, 0.717) is 21.9 Å². The molecule has 3 rings (SSSR count). The average Bonchev–Trinajstić information content (AvgIpc) is 3.03. The number of nitrogens with two attached hydrogens (primary N) is 1. The highest BCUT2D eigenvalue weighted by atomic mass is 32.2. The molecule has 26 heavy (non-hydrogen) atoms. The van der Waals surface area contributed by atoms with E-state index in [4.69, 9.17) is 5.73 Å². The Morgan fingerprint density at radius 3 is 2.73 bits per heavy atom. The van der Waals surface area contributed by atoms with Crippen molar-refractivity contribution in [2.75, 3.05) is 0 Å². The lowest BCUT2D eigenvalue weighted by Gasteiger charge is -2.13. The number of thioether (sulfide) groups is 1. The molecule has 2 aromatic heterocycles. The lowest BCUT2D eigenvalue weighted by atomic mass is 10.1. The van der Waals surface area contributed by atoms with E-state index in [0.717, 1.165) is 16.7 Å². The molecule has 0 fully saturated rings. The molecule has 7 heteroatoms. The number of allylic oxidation sites excluding steroid dienone is 1. The van der Waals surface area contributed by atoms with E-state index in [1.54, 1.807) is 17.6 Å². The Kier molecular flexibility index (Phi) is 5.29. The van der Waals surface area contributed by atoms with E-state index < -0.39 is 11.2 Å². The fourth-order valence-electron chi connectivity index (χ4n) is 2.55. The number of rotatable bonds is 6. The average molecular weight is 386 g/mol. The van der Waals surface area contributed by atoms with Gasteiger partial charge in [0.2, 0.25) is 5.91 Å². The van der Waals surface area contributed by atoms with Crippen LogP contribution in [0.3, 0.4) is 0 Å². The lowest BCUT2D eigenvalue weighted by molar-refractivity contribution is -0.117. The number of amides is 1. The van der Waals surface area contributed by atoms with Crippen molar-refractivity contribution < 1.29 is 4.79 Å². The predicted molar refractivity (Wildman–Crippen MR) is 109 cm³/mol. The Morgan fingerprint density at radius 2 is 2.12 bits per heavy atom. The van der Waals surface area contributed by atoms with Crippen LogP contribution in [-0.4, -0.2) is 20.7 Å². The number of primary amides is 1. The van der Waals surface area contributed by atoms with Crippen molar-refractivity contribution in [3.05, 3.63) is 58.2 Å². The monoisotopic (exact) mass is 385 g/mol. The first-order valence-electron chi connectivity index (χ1n) is 8.08. The smallest absolute Gasteiger partial charge is 0.263 e. The molecule has 3 aromatic rings. The van der Waals surface area contributed by atoms with Crippen LogP contribution in [0.15, 0.2) is 52.3 Å². The molecule has 1 atom stereocenters. The quantitative estimate of drug-likeness (QED) is 0.400. The van der Waals surface area contributed by atoms with Crippen LogP contribution in [0.4, 0.5) is 0 Å². The summed E-state index contributed by atoms with van der Waals surface area (Å²) in [5.74, 6) is -0.443. The fourth-order valence-corrected chi connectivity index (χ4v) is 4.40. The van der Waals surface area contributed by atoms with E-state index in [2.05, 4.69) is 11.6 Å². The summed E-state index contributed by atoms with van der Waals surface area (Å²) in [6.07, 6.45) is 1.64. The minimum Gasteiger partial charge on any atom is -0.369 e. The number of carbonyl (C=O) groups excluding carboxylic acids is 1. The first-order chi connectivity index (χ1) is 12.4. The molecule has 1 unspecified atom stereocenters. The van der Waals surface area contributed by atoms with Crippen molar-refractivity contribution in [3.63, 3.8) is 0 Å². The van der Waals surface area contributed by atoms with E-state index in [1.165, 1.54) is 23.1 Å². The number of benzene rings is 1. The van der Waals surface area contributed by atoms with E-state index >= 15 is 0 Å². The predicted octanol–water partition coefficient (Wildman–Crippen LogP) is 3.59. The zero-order valence-electron chi connectivity index (χ0n) is 14.6. The molecule has 0 spiro atoms. The van der Waals surface area contributed by atoms with Gasteiger partial charge in [0.25, 0.3) is 5.56 Å². The number of hydrogen-bond donors (Lipinski definition) is 1. The summed E-state index contributed by atoms with van der Waals surface area (Å²) in [7, 11) is 0. The summed E-state index contributed by atoms with van der Waals surface area (Å²) in [4.78, 5) is 29.9. The number of fused-ring (bicyclic) bond motifs is 1. The summed E-state index contributed by atoms with van der Waals surface area (Å²) in [5.41, 5.74) is 8.24. The molecule has 134 valence electrons. The molecule has 1 amide bonds. The van der Waals surface area contributed by atoms with Crippen molar-refractivity contribution >= 4 is 39.2 Å². The molecule has 1 aromatic carbocycles. The molecule has 0 radical (unpaired) electrons. The molecule has 0 aliphatic carbocycles. The first-order valence-corrected chi connectivity index (χ1v) is 9.84. The third-order valence-electron chi connectivity index (χ3n) is 4.02. The molecule has 0 aliphatic heterocycles. The summed E-state index contributed by atoms with van der Waals surface area (Å²) < 4.78 is 1.55. The van der Waals surface area contributed by atoms with Crippen molar-refractivity contribution in [2.24, 2.45) is 5.73 Å². The largest absolute Gasteiger partial charge is 0.369 e. The number of hydrogen-bond acceptors (Lipinski definition) is 5. The van der Waals surface area contributed by atoms with Gasteiger partial charge in [-0.1, -0.05) is 47.7 Å². The molecule has 2 N–H and O–H groups in total. The second kappa shape index (κ2) is 7.47. The van der Waals surface area contributed by atoms with Gasteiger partial charge in [-0.05, 0) is 19.4 Å². The van der Waals surface area contributed by atoms with Crippen molar-refractivity contribution in [1.82, 2.24) is 9.55 Å². The van der Waals surface area contributed by atoms with Crippen LogP contribution in [0.1, 0.15) is 12.5 Å². The Bertz CT molecular complexity index is 1040. The fraction of sp³-hybridized carbons (Fsp3) is 0.211. The number of thiophene rings is 1. The topological polar surface area (TPSA) is 78.0 Å². The lowest BCUT2D eigenvalue weighted by Crippen LogP contribution is -2.26. The van der Waals surface area contributed by atoms with Gasteiger partial charge in [0.1, 0.15) is 4.83 Å². The van der Waals surface area contributed by atoms with E-state index in [9.17, 15) is 9.59 Å². The first kappa shape index (κ1) is 18.4. The SMILES string of the molecule is C=CCn1c(SC(C)C(N)=O)nc2scc(-c3ccc(C)cc3)c2c1=O. The Balaban J connectivity index is 2.20. The van der Waals surface area contributed by atoms with Crippen LogP contribution in [0, 0.1) is 6.92 Å². The maximum absolute atomic E-state index is 13.2. The molecule has 5 nitrogen and oxygen atoms in total. The highest BCUT2D eigenvalue weighted by Crippen LogP contribution is 2.33. The third kappa shape index (κ3) is 3.45. The highest BCUT2D eigenvalue weighted by molar-refractivity contribution is 8.00. The van der Waals surface area contributed by atoms with Gasteiger partial charge in [-0.3, -0.25) is 14.2 Å². The van der Waals surface area contributed by atoms with Gasteiger partial charge in [0.05, 0.1) is 10.6 Å². The van der Waals surface area contributed by atoms with Crippen LogP contribution in [0.5, 0.6) is 0 Å². The number of carbonyl (C=O) groups is 1. The van der Waals surface area contributed by atoms with Gasteiger partial charge in [-0.15, -0.1) is 17.9 Å². The second-order valence-corrected chi connectivity index (χ2v) is 8.12. The number of nitrogens with zero attached hydrogens (tertiary/aromatic N) is 2. The van der Waals surface area contributed by atoms with Gasteiger partial charge < -0.3 is 5.73 Å². The van der Waals surface area contributed by atoms with Crippen LogP contribution in [-0.2, 0) is 11.3 Å². The number of aryl methyl sites for hydroxylation is 1. The van der Waals surface area contributed by atoms with Crippen molar-refractivity contribution in [3.8, 4) is 11.1 Å². The minimum atomic E-state index is -0.480. The Hall–Kier alpha value is -2.38. The van der Waals surface area contributed by atoms with Gasteiger partial charge in [0.15, 0.2) is 5.16 Å². The molecular weight excluding hydrogens is 366 g/mol. The zero-order valence-corrected chi connectivity index (χ0v) is 16.2.